The lowest BCUT2D eigenvalue weighted by molar-refractivity contribution is 0.0686. The van der Waals surface area contributed by atoms with Gasteiger partial charge >= 0.3 is 5.97 Å². The minimum atomic E-state index is -1.08. The molecule has 0 saturated heterocycles. The number of hydrogen-bond donors (Lipinski definition) is 1. The molecule has 0 aliphatic rings. The second-order valence-corrected chi connectivity index (χ2v) is 4.52. The maximum atomic E-state index is 10.7. The van der Waals surface area contributed by atoms with Crippen LogP contribution in [-0.4, -0.2) is 16.2 Å². The highest BCUT2D eigenvalue weighted by atomic mass is 16.5. The number of carbonyl (C=O) groups is 1. The second kappa shape index (κ2) is 5.69. The molecule has 1 aromatic carbocycles. The van der Waals surface area contributed by atoms with Crippen molar-refractivity contribution >= 4 is 5.97 Å². The maximum absolute atomic E-state index is 10.7. The van der Waals surface area contributed by atoms with Crippen molar-refractivity contribution in [2.75, 3.05) is 0 Å². The summed E-state index contributed by atoms with van der Waals surface area (Å²) in [5.41, 5.74) is 2.07. The molecule has 0 aliphatic heterocycles. The molecule has 0 spiro atoms. The van der Waals surface area contributed by atoms with Crippen LogP contribution in [0, 0.1) is 0 Å². The highest BCUT2D eigenvalue weighted by Crippen LogP contribution is 2.26. The molecule has 1 N–H and O–H groups in total. The van der Waals surface area contributed by atoms with Gasteiger partial charge in [0.05, 0.1) is 0 Å². The molecule has 19 heavy (non-hydrogen) atoms. The number of carboxylic acid groups (broad SMARTS) is 1. The van der Waals surface area contributed by atoms with Crippen molar-refractivity contribution in [1.29, 1.82) is 0 Å². The van der Waals surface area contributed by atoms with Crippen molar-refractivity contribution in [3.8, 4) is 11.3 Å². The van der Waals surface area contributed by atoms with Gasteiger partial charge in [-0.3, -0.25) is 0 Å². The third-order valence-corrected chi connectivity index (χ3v) is 3.38. The van der Waals surface area contributed by atoms with Crippen LogP contribution in [0.1, 0.15) is 48.7 Å². The first-order valence-corrected chi connectivity index (χ1v) is 6.46. The summed E-state index contributed by atoms with van der Waals surface area (Å²) in [4.78, 5) is 10.7. The first kappa shape index (κ1) is 13.3. The van der Waals surface area contributed by atoms with Gasteiger partial charge in [0.15, 0.2) is 11.5 Å². The lowest BCUT2D eigenvalue weighted by Crippen LogP contribution is -1.95. The van der Waals surface area contributed by atoms with Crippen LogP contribution in [-0.2, 0) is 0 Å². The Morgan fingerprint density at radius 2 is 1.89 bits per heavy atom. The van der Waals surface area contributed by atoms with Gasteiger partial charge in [-0.05, 0) is 24.3 Å². The zero-order chi connectivity index (χ0) is 13.8. The number of aromatic carboxylic acids is 1. The molecule has 1 aromatic heterocycles. The fraction of sp³-hybridized carbons (Fsp3) is 0.333. The van der Waals surface area contributed by atoms with Crippen molar-refractivity contribution in [3.05, 3.63) is 41.6 Å². The number of rotatable bonds is 5. The molecule has 0 amide bonds. The van der Waals surface area contributed by atoms with E-state index in [0.29, 0.717) is 11.7 Å². The van der Waals surface area contributed by atoms with E-state index < -0.39 is 5.97 Å². The molecule has 1 heterocycles. The first-order chi connectivity index (χ1) is 9.15. The van der Waals surface area contributed by atoms with Crippen LogP contribution in [0.3, 0.4) is 0 Å². The Morgan fingerprint density at radius 3 is 2.37 bits per heavy atom. The molecule has 0 fully saturated rings. The summed E-state index contributed by atoms with van der Waals surface area (Å²) in [5, 5.41) is 12.3. The van der Waals surface area contributed by atoms with Crippen molar-refractivity contribution < 1.29 is 14.4 Å². The van der Waals surface area contributed by atoms with Crippen LogP contribution in [0.4, 0.5) is 0 Å². The van der Waals surface area contributed by atoms with Crippen LogP contribution in [0.15, 0.2) is 34.9 Å². The van der Waals surface area contributed by atoms with Gasteiger partial charge in [0.1, 0.15) is 0 Å². The Kier molecular flexibility index (Phi) is 4.00. The van der Waals surface area contributed by atoms with E-state index in [0.717, 1.165) is 18.4 Å². The third kappa shape index (κ3) is 2.84. The summed E-state index contributed by atoms with van der Waals surface area (Å²) < 4.78 is 5.03. The summed E-state index contributed by atoms with van der Waals surface area (Å²) in [6, 6.07) is 9.46. The first-order valence-electron chi connectivity index (χ1n) is 6.46. The lowest BCUT2D eigenvalue weighted by Gasteiger charge is -2.12. The van der Waals surface area contributed by atoms with Gasteiger partial charge in [-0.25, -0.2) is 4.79 Å². The van der Waals surface area contributed by atoms with E-state index >= 15 is 0 Å². The van der Waals surface area contributed by atoms with Crippen LogP contribution < -0.4 is 0 Å². The quantitative estimate of drug-likeness (QED) is 0.883. The second-order valence-electron chi connectivity index (χ2n) is 4.52. The Bertz CT molecular complexity index is 553. The standard InChI is InChI=1S/C15H17NO3/c1-3-10(4-2)11-5-7-12(8-6-11)14-9-13(15(17)18)16-19-14/h5-10H,3-4H2,1-2H3,(H,17,18). The van der Waals surface area contributed by atoms with Crippen LogP contribution in [0.5, 0.6) is 0 Å². The predicted molar refractivity (Wildman–Crippen MR) is 72.2 cm³/mol. The van der Waals surface area contributed by atoms with E-state index in [2.05, 4.69) is 31.1 Å². The highest BCUT2D eigenvalue weighted by molar-refractivity contribution is 5.86. The monoisotopic (exact) mass is 259 g/mol. The molecule has 0 saturated carbocycles. The van der Waals surface area contributed by atoms with Gasteiger partial charge in [0.2, 0.25) is 0 Å². The lowest BCUT2D eigenvalue weighted by atomic mass is 9.93. The number of hydrogen-bond acceptors (Lipinski definition) is 3. The summed E-state index contributed by atoms with van der Waals surface area (Å²) in [7, 11) is 0. The smallest absolute Gasteiger partial charge is 0.358 e. The van der Waals surface area contributed by atoms with Crippen LogP contribution in [0.2, 0.25) is 0 Å². The van der Waals surface area contributed by atoms with E-state index in [1.807, 2.05) is 12.1 Å². The predicted octanol–water partition coefficient (Wildman–Crippen LogP) is 3.94. The molecule has 0 bridgehead atoms. The third-order valence-electron chi connectivity index (χ3n) is 3.38. The van der Waals surface area contributed by atoms with E-state index in [9.17, 15) is 4.79 Å². The minimum Gasteiger partial charge on any atom is -0.476 e. The zero-order valence-electron chi connectivity index (χ0n) is 11.1. The van der Waals surface area contributed by atoms with Gasteiger partial charge in [0, 0.05) is 11.6 Å². The Balaban J connectivity index is 2.24. The Morgan fingerprint density at radius 1 is 1.26 bits per heavy atom. The topological polar surface area (TPSA) is 63.3 Å². The summed E-state index contributed by atoms with van der Waals surface area (Å²) in [6.45, 7) is 4.36. The van der Waals surface area contributed by atoms with Crippen LogP contribution >= 0.6 is 0 Å². The van der Waals surface area contributed by atoms with E-state index in [4.69, 9.17) is 9.63 Å². The van der Waals surface area contributed by atoms with E-state index in [1.165, 1.54) is 11.6 Å². The largest absolute Gasteiger partial charge is 0.476 e. The fourth-order valence-corrected chi connectivity index (χ4v) is 2.19. The number of carboxylic acids is 1. The molecule has 4 heteroatoms. The van der Waals surface area contributed by atoms with Crippen molar-refractivity contribution in [2.45, 2.75) is 32.6 Å². The average Bonchev–Trinajstić information content (AvgIpc) is 2.91. The molecule has 0 atom stereocenters. The molecular weight excluding hydrogens is 242 g/mol. The molecule has 0 radical (unpaired) electrons. The average molecular weight is 259 g/mol. The molecular formula is C15H17NO3. The van der Waals surface area contributed by atoms with Crippen LogP contribution in [0.25, 0.3) is 11.3 Å². The maximum Gasteiger partial charge on any atom is 0.358 e. The van der Waals surface area contributed by atoms with Gasteiger partial charge < -0.3 is 9.63 Å². The normalized spacial score (nSPS) is 10.9. The van der Waals surface area contributed by atoms with Crippen molar-refractivity contribution in [2.24, 2.45) is 0 Å². The number of nitrogens with zero attached hydrogens (tertiary/aromatic N) is 1. The molecule has 0 unspecified atom stereocenters. The SMILES string of the molecule is CCC(CC)c1ccc(-c2cc(C(=O)O)no2)cc1. The van der Waals surface area contributed by atoms with Crippen molar-refractivity contribution in [1.82, 2.24) is 5.16 Å². The van der Waals surface area contributed by atoms with Gasteiger partial charge in [-0.1, -0.05) is 43.3 Å². The number of benzene rings is 1. The van der Waals surface area contributed by atoms with Gasteiger partial charge in [-0.15, -0.1) is 0 Å². The molecule has 0 aliphatic carbocycles. The van der Waals surface area contributed by atoms with E-state index in [1.54, 1.807) is 0 Å². The summed E-state index contributed by atoms with van der Waals surface area (Å²) in [5.74, 6) is -0.0319. The molecule has 4 nitrogen and oxygen atoms in total. The van der Waals surface area contributed by atoms with Gasteiger partial charge in [0.25, 0.3) is 0 Å². The fourth-order valence-electron chi connectivity index (χ4n) is 2.19. The summed E-state index contributed by atoms with van der Waals surface area (Å²) >= 11 is 0. The van der Waals surface area contributed by atoms with Crippen molar-refractivity contribution in [3.63, 3.8) is 0 Å². The molecule has 100 valence electrons. The summed E-state index contributed by atoms with van der Waals surface area (Å²) in [6.07, 6.45) is 2.22. The minimum absolute atomic E-state index is 0.0703. The zero-order valence-corrected chi connectivity index (χ0v) is 11.1. The Labute approximate surface area is 112 Å². The van der Waals surface area contributed by atoms with Gasteiger partial charge in [-0.2, -0.15) is 0 Å². The highest BCUT2D eigenvalue weighted by Gasteiger charge is 2.13. The molecule has 2 aromatic rings. The Hall–Kier alpha value is -2.10. The van der Waals surface area contributed by atoms with E-state index in [-0.39, 0.29) is 5.69 Å². The number of aromatic nitrogens is 1. The molecule has 2 rings (SSSR count).